The van der Waals surface area contributed by atoms with Gasteiger partial charge < -0.3 is 9.47 Å². The average Bonchev–Trinajstić information content (AvgIpc) is 3.05. The summed E-state index contributed by atoms with van der Waals surface area (Å²) in [5, 5.41) is 0. The fraction of sp³-hybridized carbons (Fsp3) is 0.263. The Kier molecular flexibility index (Phi) is 7.23. The molecule has 1 aromatic heterocycles. The molecule has 2 amide bonds. The van der Waals surface area contributed by atoms with E-state index in [2.05, 4.69) is 10.9 Å². The number of amides is 2. The van der Waals surface area contributed by atoms with Crippen LogP contribution in [0.2, 0.25) is 0 Å². The number of hydrogen-bond donors (Lipinski definition) is 2. The molecule has 0 fully saturated rings. The van der Waals surface area contributed by atoms with Crippen LogP contribution in [0, 0.1) is 6.92 Å². The van der Waals surface area contributed by atoms with E-state index in [0.717, 1.165) is 10.6 Å². The first-order valence-corrected chi connectivity index (χ1v) is 9.03. The molecule has 2 rings (SSSR count). The Hall–Kier alpha value is -2.80. The molecule has 0 aliphatic rings. The Morgan fingerprint density at radius 1 is 1.12 bits per heavy atom. The third-order valence-electron chi connectivity index (χ3n) is 3.29. The zero-order valence-electron chi connectivity index (χ0n) is 14.9. The number of hydrazine groups is 1. The second-order valence-corrected chi connectivity index (χ2v) is 6.74. The van der Waals surface area contributed by atoms with E-state index in [0.29, 0.717) is 12.4 Å². The second-order valence-electron chi connectivity index (χ2n) is 5.42. The average molecular weight is 374 g/mol. The highest BCUT2D eigenvalue weighted by molar-refractivity contribution is 7.12. The predicted octanol–water partition coefficient (Wildman–Crippen LogP) is 3.08. The lowest BCUT2D eigenvalue weighted by Crippen LogP contribution is -2.46. The second kappa shape index (κ2) is 9.62. The minimum absolute atomic E-state index is 0.419. The van der Waals surface area contributed by atoms with Gasteiger partial charge in [-0.05, 0) is 63.2 Å². The molecule has 7 heteroatoms. The molecule has 0 unspecified atom stereocenters. The Balaban J connectivity index is 1.77. The minimum atomic E-state index is -0.767. The highest BCUT2D eigenvalue weighted by atomic mass is 32.1. The van der Waals surface area contributed by atoms with E-state index in [1.165, 1.54) is 11.0 Å². The summed E-state index contributed by atoms with van der Waals surface area (Å²) in [6.07, 6.45) is 2.29. The van der Waals surface area contributed by atoms with E-state index in [-0.39, 0.29) is 0 Å². The van der Waals surface area contributed by atoms with E-state index in [1.54, 1.807) is 48.6 Å². The molecule has 0 saturated carbocycles. The summed E-state index contributed by atoms with van der Waals surface area (Å²) in [6, 6.07) is 10.9. The van der Waals surface area contributed by atoms with Gasteiger partial charge in [-0.15, -0.1) is 11.3 Å². The molecular formula is C19H22N2O4S. The minimum Gasteiger partial charge on any atom is -0.494 e. The van der Waals surface area contributed by atoms with Gasteiger partial charge in [0.25, 0.3) is 11.8 Å². The van der Waals surface area contributed by atoms with Crippen molar-refractivity contribution < 1.29 is 19.1 Å². The maximum absolute atomic E-state index is 12.0. The molecule has 0 aliphatic heterocycles. The molecular weight excluding hydrogens is 352 g/mol. The van der Waals surface area contributed by atoms with Crippen molar-refractivity contribution in [2.24, 2.45) is 0 Å². The van der Waals surface area contributed by atoms with Crippen LogP contribution in [0.4, 0.5) is 0 Å². The van der Waals surface area contributed by atoms with Crippen molar-refractivity contribution >= 4 is 29.2 Å². The van der Waals surface area contributed by atoms with E-state index < -0.39 is 17.9 Å². The van der Waals surface area contributed by atoms with E-state index in [9.17, 15) is 9.59 Å². The number of carbonyl (C=O) groups is 2. The summed E-state index contributed by atoms with van der Waals surface area (Å²) in [7, 11) is 0. The van der Waals surface area contributed by atoms with Gasteiger partial charge in [-0.25, -0.2) is 0 Å². The summed E-state index contributed by atoms with van der Waals surface area (Å²) >= 11 is 1.58. The zero-order valence-corrected chi connectivity index (χ0v) is 15.8. The van der Waals surface area contributed by atoms with Gasteiger partial charge in [0, 0.05) is 15.8 Å². The highest BCUT2D eigenvalue weighted by Crippen LogP contribution is 2.18. The lowest BCUT2D eigenvalue weighted by molar-refractivity contribution is -0.131. The summed E-state index contributed by atoms with van der Waals surface area (Å²) in [5.41, 5.74) is 4.67. The van der Waals surface area contributed by atoms with Crippen LogP contribution in [0.5, 0.6) is 11.5 Å². The molecule has 0 spiro atoms. The molecule has 26 heavy (non-hydrogen) atoms. The number of ether oxygens (including phenoxy) is 2. The monoisotopic (exact) mass is 374 g/mol. The first kappa shape index (κ1) is 19.5. The molecule has 0 bridgehead atoms. The fourth-order valence-corrected chi connectivity index (χ4v) is 2.79. The maximum Gasteiger partial charge on any atom is 0.279 e. The number of hydrogen-bond acceptors (Lipinski definition) is 5. The van der Waals surface area contributed by atoms with Gasteiger partial charge >= 0.3 is 0 Å². The van der Waals surface area contributed by atoms with Gasteiger partial charge in [0.15, 0.2) is 6.10 Å². The van der Waals surface area contributed by atoms with Crippen molar-refractivity contribution in [3.8, 4) is 11.5 Å². The van der Waals surface area contributed by atoms with Gasteiger partial charge in [-0.3, -0.25) is 20.4 Å². The third-order valence-corrected chi connectivity index (χ3v) is 4.25. The fourth-order valence-electron chi connectivity index (χ4n) is 2.01. The number of aryl methyl sites for hydroxylation is 1. The van der Waals surface area contributed by atoms with Gasteiger partial charge in [0.1, 0.15) is 11.5 Å². The molecule has 6 nitrogen and oxygen atoms in total. The molecule has 0 saturated heterocycles. The van der Waals surface area contributed by atoms with Crippen LogP contribution in [0.15, 0.2) is 42.5 Å². The third kappa shape index (κ3) is 6.25. The molecule has 1 atom stereocenters. The Bertz CT molecular complexity index is 768. The smallest absolute Gasteiger partial charge is 0.279 e. The van der Waals surface area contributed by atoms with Crippen molar-refractivity contribution in [3.63, 3.8) is 0 Å². The summed E-state index contributed by atoms with van der Waals surface area (Å²) in [5.74, 6) is 0.401. The molecule has 0 aliphatic carbocycles. The predicted molar refractivity (Wildman–Crippen MR) is 102 cm³/mol. The SMILES string of the molecule is CCOc1ccc(O[C@@H](C)C(=O)NNC(=O)/C=C/c2ccc(C)s2)cc1. The summed E-state index contributed by atoms with van der Waals surface area (Å²) in [4.78, 5) is 25.9. The lowest BCUT2D eigenvalue weighted by Gasteiger charge is -2.15. The van der Waals surface area contributed by atoms with Crippen LogP contribution < -0.4 is 20.3 Å². The quantitative estimate of drug-likeness (QED) is 0.577. The molecule has 2 aromatic rings. The number of carbonyl (C=O) groups excluding carboxylic acids is 2. The maximum atomic E-state index is 12.0. The van der Waals surface area contributed by atoms with Crippen molar-refractivity contribution in [2.75, 3.05) is 6.61 Å². The normalized spacial score (nSPS) is 11.8. The van der Waals surface area contributed by atoms with E-state index in [4.69, 9.17) is 9.47 Å². The van der Waals surface area contributed by atoms with Crippen LogP contribution in [-0.2, 0) is 9.59 Å². The van der Waals surface area contributed by atoms with Gasteiger partial charge in [0.05, 0.1) is 6.61 Å². The van der Waals surface area contributed by atoms with Crippen molar-refractivity contribution in [1.82, 2.24) is 10.9 Å². The number of rotatable bonds is 7. The molecule has 1 aromatic carbocycles. The van der Waals surface area contributed by atoms with Crippen LogP contribution >= 0.6 is 11.3 Å². The Morgan fingerprint density at radius 2 is 1.81 bits per heavy atom. The molecule has 2 N–H and O–H groups in total. The van der Waals surface area contributed by atoms with E-state index >= 15 is 0 Å². The van der Waals surface area contributed by atoms with Crippen molar-refractivity contribution in [3.05, 3.63) is 52.2 Å². The molecule has 138 valence electrons. The van der Waals surface area contributed by atoms with Crippen LogP contribution in [-0.4, -0.2) is 24.5 Å². The van der Waals surface area contributed by atoms with Crippen LogP contribution in [0.25, 0.3) is 6.08 Å². The van der Waals surface area contributed by atoms with Gasteiger partial charge in [-0.2, -0.15) is 0 Å². The van der Waals surface area contributed by atoms with Crippen LogP contribution in [0.1, 0.15) is 23.6 Å². The lowest BCUT2D eigenvalue weighted by atomic mass is 10.3. The molecule has 1 heterocycles. The first-order chi connectivity index (χ1) is 12.5. The van der Waals surface area contributed by atoms with Crippen molar-refractivity contribution in [2.45, 2.75) is 26.9 Å². The van der Waals surface area contributed by atoms with E-state index in [1.807, 2.05) is 26.0 Å². The number of thiophene rings is 1. The highest BCUT2D eigenvalue weighted by Gasteiger charge is 2.15. The van der Waals surface area contributed by atoms with Crippen LogP contribution in [0.3, 0.4) is 0 Å². The Labute approximate surface area is 156 Å². The largest absolute Gasteiger partial charge is 0.494 e. The first-order valence-electron chi connectivity index (χ1n) is 8.21. The van der Waals surface area contributed by atoms with Crippen molar-refractivity contribution in [1.29, 1.82) is 0 Å². The zero-order chi connectivity index (χ0) is 18.9. The standard InChI is InChI=1S/C19H22N2O4S/c1-4-24-15-6-8-16(9-7-15)25-14(3)19(23)21-20-18(22)12-11-17-10-5-13(2)26-17/h5-12,14H,4H2,1-3H3,(H,20,22)(H,21,23)/b12-11+/t14-/m0/s1. The number of benzene rings is 1. The summed E-state index contributed by atoms with van der Waals surface area (Å²) < 4.78 is 10.9. The van der Waals surface area contributed by atoms with Gasteiger partial charge in [-0.1, -0.05) is 0 Å². The summed E-state index contributed by atoms with van der Waals surface area (Å²) in [6.45, 7) is 6.08. The van der Waals surface area contributed by atoms with Gasteiger partial charge in [0.2, 0.25) is 0 Å². The number of nitrogens with one attached hydrogen (secondary N) is 2. The topological polar surface area (TPSA) is 76.7 Å². The Morgan fingerprint density at radius 3 is 2.42 bits per heavy atom. The molecule has 0 radical (unpaired) electrons.